The Morgan fingerprint density at radius 3 is 2.55 bits per heavy atom. The Labute approximate surface area is 122 Å². The van der Waals surface area contributed by atoms with Crippen molar-refractivity contribution in [3.63, 3.8) is 0 Å². The Morgan fingerprint density at radius 1 is 1.25 bits per heavy atom. The minimum Gasteiger partial charge on any atom is -0.395 e. The lowest BCUT2D eigenvalue weighted by molar-refractivity contribution is -0.140. The van der Waals surface area contributed by atoms with E-state index in [0.29, 0.717) is 18.5 Å². The molecular weight excluding hydrogens is 252 g/mol. The number of aliphatic hydroxyl groups excluding tert-OH is 1. The molecule has 3 N–H and O–H groups in total. The van der Waals surface area contributed by atoms with Gasteiger partial charge in [0, 0.05) is 24.5 Å². The largest absolute Gasteiger partial charge is 0.395 e. The zero-order valence-electron chi connectivity index (χ0n) is 12.8. The maximum Gasteiger partial charge on any atom is 0.226 e. The van der Waals surface area contributed by atoms with Gasteiger partial charge in [0.05, 0.1) is 6.61 Å². The van der Waals surface area contributed by atoms with E-state index in [4.69, 9.17) is 5.73 Å². The molecule has 4 nitrogen and oxygen atoms in total. The minimum absolute atomic E-state index is 0.0495. The van der Waals surface area contributed by atoms with Gasteiger partial charge in [-0.1, -0.05) is 26.2 Å². The molecule has 0 bridgehead atoms. The summed E-state index contributed by atoms with van der Waals surface area (Å²) < 4.78 is 0. The van der Waals surface area contributed by atoms with Gasteiger partial charge in [-0.2, -0.15) is 0 Å². The number of nitrogens with two attached hydrogens (primary N) is 1. The Balaban J connectivity index is 1.98. The van der Waals surface area contributed by atoms with Crippen molar-refractivity contribution >= 4 is 5.91 Å². The van der Waals surface area contributed by atoms with Gasteiger partial charge in [-0.15, -0.1) is 0 Å². The molecule has 0 saturated heterocycles. The highest BCUT2D eigenvalue weighted by Gasteiger charge is 2.34. The molecule has 2 fully saturated rings. The monoisotopic (exact) mass is 282 g/mol. The van der Waals surface area contributed by atoms with Crippen LogP contribution < -0.4 is 5.73 Å². The van der Waals surface area contributed by atoms with Crippen LogP contribution in [0.3, 0.4) is 0 Å². The SMILES string of the molecule is CC(C(=O)N(CCO)C1CCCC1)C1CCCC(N)C1. The Bertz CT molecular complexity index is 316. The van der Waals surface area contributed by atoms with Crippen molar-refractivity contribution in [2.75, 3.05) is 13.2 Å². The van der Waals surface area contributed by atoms with E-state index in [1.165, 1.54) is 12.8 Å². The van der Waals surface area contributed by atoms with Crippen LogP contribution in [0.2, 0.25) is 0 Å². The number of carbonyl (C=O) groups excluding carboxylic acids is 1. The fourth-order valence-electron chi connectivity index (χ4n) is 3.98. The van der Waals surface area contributed by atoms with Gasteiger partial charge < -0.3 is 15.7 Å². The van der Waals surface area contributed by atoms with Gasteiger partial charge in [-0.05, 0) is 38.0 Å². The molecule has 0 aromatic rings. The molecule has 2 aliphatic carbocycles. The Morgan fingerprint density at radius 2 is 1.95 bits per heavy atom. The predicted molar refractivity (Wildman–Crippen MR) is 80.2 cm³/mol. The lowest BCUT2D eigenvalue weighted by atomic mass is 9.78. The lowest BCUT2D eigenvalue weighted by Crippen LogP contribution is -2.46. The quantitative estimate of drug-likeness (QED) is 0.809. The van der Waals surface area contributed by atoms with Crippen molar-refractivity contribution in [2.45, 2.75) is 70.4 Å². The molecular formula is C16H30N2O2. The van der Waals surface area contributed by atoms with E-state index < -0.39 is 0 Å². The Hall–Kier alpha value is -0.610. The molecule has 4 heteroatoms. The summed E-state index contributed by atoms with van der Waals surface area (Å²) in [5.41, 5.74) is 6.06. The highest BCUT2D eigenvalue weighted by atomic mass is 16.3. The molecule has 116 valence electrons. The van der Waals surface area contributed by atoms with Crippen molar-refractivity contribution in [1.82, 2.24) is 4.90 Å². The molecule has 0 aromatic carbocycles. The molecule has 1 amide bonds. The van der Waals surface area contributed by atoms with Crippen LogP contribution in [0.4, 0.5) is 0 Å². The summed E-state index contributed by atoms with van der Waals surface area (Å²) in [6.07, 6.45) is 8.96. The number of rotatable bonds is 5. The standard InChI is InChI=1S/C16H30N2O2/c1-12(13-5-4-6-14(17)11-13)16(20)18(9-10-19)15-7-2-3-8-15/h12-15,19H,2-11,17H2,1H3. The molecule has 0 spiro atoms. The first-order valence-corrected chi connectivity index (χ1v) is 8.30. The summed E-state index contributed by atoms with van der Waals surface area (Å²) in [7, 11) is 0. The van der Waals surface area contributed by atoms with Crippen LogP contribution in [-0.4, -0.2) is 41.1 Å². The number of hydrogen-bond acceptors (Lipinski definition) is 3. The van der Waals surface area contributed by atoms with Gasteiger partial charge in [-0.25, -0.2) is 0 Å². The zero-order valence-corrected chi connectivity index (χ0v) is 12.8. The summed E-state index contributed by atoms with van der Waals surface area (Å²) in [4.78, 5) is 14.8. The van der Waals surface area contributed by atoms with Gasteiger partial charge in [0.15, 0.2) is 0 Å². The van der Waals surface area contributed by atoms with Crippen LogP contribution >= 0.6 is 0 Å². The number of amides is 1. The smallest absolute Gasteiger partial charge is 0.226 e. The van der Waals surface area contributed by atoms with Crippen molar-refractivity contribution in [3.8, 4) is 0 Å². The molecule has 0 aromatic heterocycles. The minimum atomic E-state index is 0.0495. The predicted octanol–water partition coefficient (Wildman–Crippen LogP) is 1.90. The Kier molecular flexibility index (Phi) is 5.85. The molecule has 0 aliphatic heterocycles. The fourth-order valence-corrected chi connectivity index (χ4v) is 3.98. The number of nitrogens with zero attached hydrogens (tertiary/aromatic N) is 1. The highest BCUT2D eigenvalue weighted by molar-refractivity contribution is 5.79. The third-order valence-corrected chi connectivity index (χ3v) is 5.24. The first-order valence-electron chi connectivity index (χ1n) is 8.30. The maximum absolute atomic E-state index is 12.8. The van der Waals surface area contributed by atoms with Crippen LogP contribution in [-0.2, 0) is 4.79 Å². The van der Waals surface area contributed by atoms with E-state index >= 15 is 0 Å². The average molecular weight is 282 g/mol. The molecule has 2 saturated carbocycles. The third-order valence-electron chi connectivity index (χ3n) is 5.24. The van der Waals surface area contributed by atoms with E-state index in [2.05, 4.69) is 6.92 Å². The van der Waals surface area contributed by atoms with Crippen LogP contribution in [0.15, 0.2) is 0 Å². The number of hydrogen-bond donors (Lipinski definition) is 2. The number of carbonyl (C=O) groups is 1. The first kappa shape index (κ1) is 15.8. The molecule has 3 atom stereocenters. The third kappa shape index (κ3) is 3.73. The van der Waals surface area contributed by atoms with E-state index in [1.807, 2.05) is 4.90 Å². The second-order valence-electron chi connectivity index (χ2n) is 6.67. The molecule has 20 heavy (non-hydrogen) atoms. The highest BCUT2D eigenvalue weighted by Crippen LogP contribution is 2.32. The summed E-state index contributed by atoms with van der Waals surface area (Å²) >= 11 is 0. The second-order valence-corrected chi connectivity index (χ2v) is 6.67. The maximum atomic E-state index is 12.8. The van der Waals surface area contributed by atoms with Crippen LogP contribution in [0.5, 0.6) is 0 Å². The molecule has 3 unspecified atom stereocenters. The van der Waals surface area contributed by atoms with Crippen molar-refractivity contribution in [3.05, 3.63) is 0 Å². The second kappa shape index (κ2) is 7.41. The van der Waals surface area contributed by atoms with Gasteiger partial charge in [-0.3, -0.25) is 4.79 Å². The van der Waals surface area contributed by atoms with Crippen molar-refractivity contribution in [1.29, 1.82) is 0 Å². The van der Waals surface area contributed by atoms with E-state index in [0.717, 1.165) is 38.5 Å². The normalized spacial score (nSPS) is 29.4. The van der Waals surface area contributed by atoms with E-state index in [1.54, 1.807) is 0 Å². The van der Waals surface area contributed by atoms with Crippen molar-refractivity contribution < 1.29 is 9.90 Å². The topological polar surface area (TPSA) is 66.6 Å². The van der Waals surface area contributed by atoms with Crippen LogP contribution in [0, 0.1) is 11.8 Å². The molecule has 0 radical (unpaired) electrons. The summed E-state index contributed by atoms with van der Waals surface area (Å²) in [5.74, 6) is 0.715. The zero-order chi connectivity index (χ0) is 14.5. The van der Waals surface area contributed by atoms with E-state index in [-0.39, 0.29) is 24.5 Å². The lowest BCUT2D eigenvalue weighted by Gasteiger charge is -2.36. The van der Waals surface area contributed by atoms with E-state index in [9.17, 15) is 9.90 Å². The van der Waals surface area contributed by atoms with Crippen LogP contribution in [0.1, 0.15) is 58.3 Å². The first-order chi connectivity index (χ1) is 9.63. The fraction of sp³-hybridized carbons (Fsp3) is 0.938. The van der Waals surface area contributed by atoms with Gasteiger partial charge in [0.25, 0.3) is 0 Å². The van der Waals surface area contributed by atoms with Crippen LogP contribution in [0.25, 0.3) is 0 Å². The van der Waals surface area contributed by atoms with Gasteiger partial charge >= 0.3 is 0 Å². The summed E-state index contributed by atoms with van der Waals surface area (Å²) in [6.45, 7) is 2.62. The number of aliphatic hydroxyl groups is 1. The van der Waals surface area contributed by atoms with Gasteiger partial charge in [0.2, 0.25) is 5.91 Å². The summed E-state index contributed by atoms with van der Waals surface area (Å²) in [5, 5.41) is 9.27. The average Bonchev–Trinajstić information content (AvgIpc) is 2.97. The molecule has 0 heterocycles. The van der Waals surface area contributed by atoms with Crippen molar-refractivity contribution in [2.24, 2.45) is 17.6 Å². The summed E-state index contributed by atoms with van der Waals surface area (Å²) in [6, 6.07) is 0.621. The molecule has 2 rings (SSSR count). The van der Waals surface area contributed by atoms with Gasteiger partial charge in [0.1, 0.15) is 0 Å². The molecule has 2 aliphatic rings.